The van der Waals surface area contributed by atoms with Gasteiger partial charge in [0.1, 0.15) is 0 Å². The van der Waals surface area contributed by atoms with Gasteiger partial charge in [0.05, 0.1) is 0 Å². The summed E-state index contributed by atoms with van der Waals surface area (Å²) in [7, 11) is 0. The van der Waals surface area contributed by atoms with E-state index in [1.165, 1.54) is 0 Å². The first-order valence-corrected chi connectivity index (χ1v) is 7.66. The van der Waals surface area contributed by atoms with Crippen molar-refractivity contribution in [1.29, 1.82) is 0 Å². The second-order valence-corrected chi connectivity index (χ2v) is 5.52. The van der Waals surface area contributed by atoms with Gasteiger partial charge in [0, 0.05) is 47.6 Å². The molecule has 3 rings (SSSR count). The van der Waals surface area contributed by atoms with Crippen LogP contribution in [0.4, 0.5) is 5.69 Å². The van der Waals surface area contributed by atoms with Gasteiger partial charge in [-0.2, -0.15) is 0 Å². The number of hydrogen-bond acceptors (Lipinski definition) is 4. The van der Waals surface area contributed by atoms with Crippen molar-refractivity contribution in [2.75, 3.05) is 5.32 Å². The lowest BCUT2D eigenvalue weighted by Crippen LogP contribution is -2.13. The van der Waals surface area contributed by atoms with Crippen LogP contribution in [-0.2, 0) is 0 Å². The number of carbonyl (C=O) groups is 1. The highest BCUT2D eigenvalue weighted by Gasteiger charge is 2.13. The lowest BCUT2D eigenvalue weighted by Gasteiger charge is -2.15. The van der Waals surface area contributed by atoms with Crippen LogP contribution in [0.3, 0.4) is 0 Å². The van der Waals surface area contributed by atoms with Gasteiger partial charge >= 0.3 is 0 Å². The number of anilines is 1. The van der Waals surface area contributed by atoms with Crippen LogP contribution in [0, 0.1) is 0 Å². The third-order valence-corrected chi connectivity index (χ3v) is 3.72. The summed E-state index contributed by atoms with van der Waals surface area (Å²) in [5, 5.41) is 2.86. The molecule has 2 heterocycles. The van der Waals surface area contributed by atoms with Gasteiger partial charge in [-0.15, -0.1) is 0 Å². The minimum Gasteiger partial charge on any atom is -0.324 e. The average molecular weight is 318 g/mol. The number of nitrogens with one attached hydrogen (secondary N) is 1. The Labute approximate surface area is 140 Å². The normalized spacial score (nSPS) is 11.8. The van der Waals surface area contributed by atoms with E-state index in [2.05, 4.69) is 15.3 Å². The van der Waals surface area contributed by atoms with E-state index >= 15 is 0 Å². The molecular formula is C19H18N4O. The Morgan fingerprint density at radius 1 is 1.08 bits per heavy atom. The minimum atomic E-state index is -0.178. The van der Waals surface area contributed by atoms with Crippen molar-refractivity contribution in [3.8, 4) is 11.1 Å². The summed E-state index contributed by atoms with van der Waals surface area (Å²) in [6.45, 7) is 1.92. The highest BCUT2D eigenvalue weighted by atomic mass is 16.1. The summed E-state index contributed by atoms with van der Waals surface area (Å²) in [5.41, 5.74) is 10.2. The molecule has 0 saturated heterocycles. The number of nitrogens with two attached hydrogens (primary N) is 1. The predicted octanol–water partition coefficient (Wildman–Crippen LogP) is 3.42. The van der Waals surface area contributed by atoms with Gasteiger partial charge in [0.25, 0.3) is 5.91 Å². The molecule has 0 saturated carbocycles. The van der Waals surface area contributed by atoms with Gasteiger partial charge in [-0.05, 0) is 48.4 Å². The molecule has 0 radical (unpaired) electrons. The summed E-state index contributed by atoms with van der Waals surface area (Å²) in [6, 6.07) is 12.7. The van der Waals surface area contributed by atoms with Crippen LogP contribution in [0.5, 0.6) is 0 Å². The quantitative estimate of drug-likeness (QED) is 0.772. The van der Waals surface area contributed by atoms with Crippen molar-refractivity contribution < 1.29 is 4.79 Å². The van der Waals surface area contributed by atoms with Crippen LogP contribution in [-0.4, -0.2) is 15.9 Å². The van der Waals surface area contributed by atoms with E-state index in [-0.39, 0.29) is 11.9 Å². The maximum atomic E-state index is 12.5. The summed E-state index contributed by atoms with van der Waals surface area (Å²) < 4.78 is 0. The number of hydrogen-bond donors (Lipinski definition) is 2. The largest absolute Gasteiger partial charge is 0.324 e. The van der Waals surface area contributed by atoms with Gasteiger partial charge in [0.2, 0.25) is 0 Å². The first-order valence-electron chi connectivity index (χ1n) is 7.66. The third kappa shape index (κ3) is 3.47. The number of carbonyl (C=O) groups excluding carboxylic acids is 1. The highest BCUT2D eigenvalue weighted by molar-refractivity contribution is 6.05. The molecule has 1 unspecified atom stereocenters. The molecule has 0 aliphatic heterocycles. The summed E-state index contributed by atoms with van der Waals surface area (Å²) in [5.74, 6) is -0.178. The molecule has 0 fully saturated rings. The fourth-order valence-corrected chi connectivity index (χ4v) is 2.51. The lowest BCUT2D eigenvalue weighted by molar-refractivity contribution is 0.102. The molecule has 1 amide bonds. The molecule has 0 aliphatic carbocycles. The molecule has 5 heteroatoms. The third-order valence-electron chi connectivity index (χ3n) is 3.72. The Bertz CT molecular complexity index is 833. The SMILES string of the molecule is CC(N)c1ccc(C(=O)Nc2ccncc2)cc1-c1cccnc1. The van der Waals surface area contributed by atoms with Crippen LogP contribution in [0.25, 0.3) is 11.1 Å². The van der Waals surface area contributed by atoms with Crippen molar-refractivity contribution in [1.82, 2.24) is 9.97 Å². The van der Waals surface area contributed by atoms with E-state index in [1.54, 1.807) is 43.0 Å². The zero-order valence-electron chi connectivity index (χ0n) is 13.3. The number of amides is 1. The topological polar surface area (TPSA) is 80.9 Å². The van der Waals surface area contributed by atoms with Gasteiger partial charge in [0.15, 0.2) is 0 Å². The van der Waals surface area contributed by atoms with Crippen LogP contribution in [0.1, 0.15) is 28.9 Å². The molecule has 24 heavy (non-hydrogen) atoms. The molecule has 120 valence electrons. The number of aromatic nitrogens is 2. The van der Waals surface area contributed by atoms with E-state index in [0.29, 0.717) is 11.3 Å². The van der Waals surface area contributed by atoms with E-state index in [0.717, 1.165) is 16.7 Å². The molecule has 2 aromatic heterocycles. The maximum Gasteiger partial charge on any atom is 0.255 e. The molecule has 5 nitrogen and oxygen atoms in total. The van der Waals surface area contributed by atoms with Crippen molar-refractivity contribution >= 4 is 11.6 Å². The Kier molecular flexibility index (Phi) is 4.63. The molecule has 1 aromatic carbocycles. The van der Waals surface area contributed by atoms with Gasteiger partial charge in [-0.25, -0.2) is 0 Å². The molecular weight excluding hydrogens is 300 g/mol. The molecule has 1 atom stereocenters. The maximum absolute atomic E-state index is 12.5. The zero-order chi connectivity index (χ0) is 16.9. The van der Waals surface area contributed by atoms with Crippen LogP contribution in [0.2, 0.25) is 0 Å². The molecule has 0 aliphatic rings. The lowest BCUT2D eigenvalue weighted by atomic mass is 9.94. The second-order valence-electron chi connectivity index (χ2n) is 5.52. The van der Waals surface area contributed by atoms with E-state index in [9.17, 15) is 4.79 Å². The van der Waals surface area contributed by atoms with Crippen molar-refractivity contribution in [2.45, 2.75) is 13.0 Å². The summed E-state index contributed by atoms with van der Waals surface area (Å²) in [4.78, 5) is 20.6. The molecule has 0 spiro atoms. The van der Waals surface area contributed by atoms with Crippen molar-refractivity contribution in [3.63, 3.8) is 0 Å². The molecule has 3 N–H and O–H groups in total. The monoisotopic (exact) mass is 318 g/mol. The zero-order valence-corrected chi connectivity index (χ0v) is 13.3. The van der Waals surface area contributed by atoms with Crippen molar-refractivity contribution in [2.24, 2.45) is 5.73 Å². The van der Waals surface area contributed by atoms with E-state index in [1.807, 2.05) is 31.2 Å². The summed E-state index contributed by atoms with van der Waals surface area (Å²) in [6.07, 6.45) is 6.76. The van der Waals surface area contributed by atoms with E-state index in [4.69, 9.17) is 5.73 Å². The summed E-state index contributed by atoms with van der Waals surface area (Å²) >= 11 is 0. The van der Waals surface area contributed by atoms with Crippen LogP contribution in [0.15, 0.2) is 67.3 Å². The highest BCUT2D eigenvalue weighted by Crippen LogP contribution is 2.28. The van der Waals surface area contributed by atoms with Gasteiger partial charge in [-0.3, -0.25) is 14.8 Å². The Balaban J connectivity index is 1.97. The number of benzene rings is 1. The Morgan fingerprint density at radius 3 is 2.54 bits per heavy atom. The van der Waals surface area contributed by atoms with Crippen LogP contribution >= 0.6 is 0 Å². The average Bonchev–Trinajstić information content (AvgIpc) is 2.62. The minimum absolute atomic E-state index is 0.141. The fraction of sp³-hybridized carbons (Fsp3) is 0.105. The molecule has 0 bridgehead atoms. The molecule has 3 aromatic rings. The first-order chi connectivity index (χ1) is 11.6. The Morgan fingerprint density at radius 2 is 1.88 bits per heavy atom. The van der Waals surface area contributed by atoms with Gasteiger partial charge < -0.3 is 11.1 Å². The van der Waals surface area contributed by atoms with Gasteiger partial charge in [-0.1, -0.05) is 12.1 Å². The Hall–Kier alpha value is -3.05. The number of pyridine rings is 2. The van der Waals surface area contributed by atoms with Crippen molar-refractivity contribution in [3.05, 3.63) is 78.4 Å². The number of nitrogens with zero attached hydrogens (tertiary/aromatic N) is 2. The smallest absolute Gasteiger partial charge is 0.255 e. The van der Waals surface area contributed by atoms with Crippen LogP contribution < -0.4 is 11.1 Å². The first kappa shape index (κ1) is 15.8. The number of rotatable bonds is 4. The van der Waals surface area contributed by atoms with E-state index < -0.39 is 0 Å². The standard InChI is InChI=1S/C19H18N4O/c1-13(20)17-5-4-14(11-18(17)15-3-2-8-22-12-15)19(24)23-16-6-9-21-10-7-16/h2-13H,20H2,1H3,(H,21,23,24). The fourth-order valence-electron chi connectivity index (χ4n) is 2.51. The second kappa shape index (κ2) is 7.02. The predicted molar refractivity (Wildman–Crippen MR) is 94.5 cm³/mol.